The van der Waals surface area contributed by atoms with Crippen LogP contribution >= 0.6 is 21.2 Å². The van der Waals surface area contributed by atoms with Gasteiger partial charge in [0.1, 0.15) is 0 Å². The minimum atomic E-state index is -2.78. The maximum Gasteiger partial charge on any atom is 0.205 e. The molecule has 1 aliphatic rings. The summed E-state index contributed by atoms with van der Waals surface area (Å²) in [7, 11) is -2.78. The van der Waals surface area contributed by atoms with Crippen LogP contribution in [0, 0.1) is 0 Å². The molecule has 0 N–H and O–H groups in total. The molecule has 11 heavy (non-hydrogen) atoms. The molecule has 1 rings (SSSR count). The van der Waals surface area contributed by atoms with Crippen molar-refractivity contribution in [2.75, 3.05) is 0 Å². The summed E-state index contributed by atoms with van der Waals surface area (Å²) in [4.78, 5) is 0. The van der Waals surface area contributed by atoms with Gasteiger partial charge in [-0.1, -0.05) is 25.7 Å². The lowest BCUT2D eigenvalue weighted by Crippen LogP contribution is -2.13. The summed E-state index contributed by atoms with van der Waals surface area (Å²) in [5, 5.41) is -0.0504. The van der Waals surface area contributed by atoms with Gasteiger partial charge < -0.3 is 0 Å². The van der Waals surface area contributed by atoms with E-state index < -0.39 is 7.01 Å². The summed E-state index contributed by atoms with van der Waals surface area (Å²) >= 11 is 1.59. The standard InChI is InChI=1S/C7H13IO2S/c8-11(9,10)7-5-3-1-2-4-6-7/h7H,1-6H2. The summed E-state index contributed by atoms with van der Waals surface area (Å²) in [6, 6.07) is 0. The van der Waals surface area contributed by atoms with Gasteiger partial charge >= 0.3 is 0 Å². The third-order valence-corrected chi connectivity index (χ3v) is 5.63. The van der Waals surface area contributed by atoms with E-state index in [1.54, 1.807) is 21.2 Å². The van der Waals surface area contributed by atoms with Gasteiger partial charge in [-0.3, -0.25) is 0 Å². The molecule has 2 nitrogen and oxygen atoms in total. The molecule has 0 atom stereocenters. The van der Waals surface area contributed by atoms with E-state index in [1.807, 2.05) is 0 Å². The second kappa shape index (κ2) is 4.07. The van der Waals surface area contributed by atoms with Crippen molar-refractivity contribution in [3.05, 3.63) is 0 Å². The molecular formula is C7H13IO2S. The first kappa shape index (κ1) is 9.77. The Morgan fingerprint density at radius 1 is 1.00 bits per heavy atom. The second-order valence-electron chi connectivity index (χ2n) is 3.09. The fraction of sp³-hybridized carbons (Fsp3) is 1.00. The van der Waals surface area contributed by atoms with Crippen LogP contribution in [-0.4, -0.2) is 13.7 Å². The maximum absolute atomic E-state index is 11.1. The van der Waals surface area contributed by atoms with Crippen molar-refractivity contribution in [2.24, 2.45) is 0 Å². The Hall–Kier alpha value is 0.680. The summed E-state index contributed by atoms with van der Waals surface area (Å²) < 4.78 is 22.3. The zero-order chi connectivity index (χ0) is 8.32. The van der Waals surface area contributed by atoms with Gasteiger partial charge in [-0.05, 0) is 12.8 Å². The molecule has 0 aromatic rings. The Kier molecular flexibility index (Phi) is 3.61. The van der Waals surface area contributed by atoms with Crippen molar-refractivity contribution in [1.29, 1.82) is 0 Å². The van der Waals surface area contributed by atoms with E-state index in [0.29, 0.717) is 0 Å². The van der Waals surface area contributed by atoms with E-state index in [2.05, 4.69) is 0 Å². The lowest BCUT2D eigenvalue weighted by Gasteiger charge is -2.08. The first-order valence-electron chi connectivity index (χ1n) is 4.04. The highest BCUT2D eigenvalue weighted by atomic mass is 127. The first-order chi connectivity index (χ1) is 5.11. The molecule has 4 heteroatoms. The van der Waals surface area contributed by atoms with Gasteiger partial charge in [-0.2, -0.15) is 0 Å². The maximum atomic E-state index is 11.1. The Morgan fingerprint density at radius 3 is 1.82 bits per heavy atom. The number of rotatable bonds is 1. The molecule has 66 valence electrons. The van der Waals surface area contributed by atoms with Crippen molar-refractivity contribution in [2.45, 2.75) is 43.8 Å². The van der Waals surface area contributed by atoms with Crippen LogP contribution in [0.4, 0.5) is 0 Å². The Bertz CT molecular complexity index is 202. The van der Waals surface area contributed by atoms with Crippen molar-refractivity contribution in [3.8, 4) is 0 Å². The van der Waals surface area contributed by atoms with Gasteiger partial charge in [0.15, 0.2) is 0 Å². The highest BCUT2D eigenvalue weighted by Crippen LogP contribution is 2.26. The summed E-state index contributed by atoms with van der Waals surface area (Å²) in [6.07, 6.45) is 6.36. The number of hydrogen-bond acceptors (Lipinski definition) is 2. The minimum absolute atomic E-state index is 0.0504. The van der Waals surface area contributed by atoms with Crippen molar-refractivity contribution in [3.63, 3.8) is 0 Å². The van der Waals surface area contributed by atoms with E-state index in [-0.39, 0.29) is 5.25 Å². The predicted octanol–water partition coefficient (Wildman–Crippen LogP) is 2.47. The molecule has 0 amide bonds. The molecule has 1 aliphatic carbocycles. The largest absolute Gasteiger partial charge is 0.218 e. The molecule has 0 radical (unpaired) electrons. The highest BCUT2D eigenvalue weighted by Gasteiger charge is 2.22. The fourth-order valence-electron chi connectivity index (χ4n) is 1.52. The van der Waals surface area contributed by atoms with Gasteiger partial charge in [-0.25, -0.2) is 8.42 Å². The summed E-state index contributed by atoms with van der Waals surface area (Å²) in [5.74, 6) is 0. The van der Waals surface area contributed by atoms with Crippen molar-refractivity contribution < 1.29 is 8.42 Å². The lowest BCUT2D eigenvalue weighted by atomic mass is 10.2. The van der Waals surface area contributed by atoms with Gasteiger partial charge in [0, 0.05) is 0 Å². The molecule has 0 unspecified atom stereocenters. The number of halogens is 1. The topological polar surface area (TPSA) is 34.1 Å². The van der Waals surface area contributed by atoms with Crippen LogP contribution in [0.5, 0.6) is 0 Å². The van der Waals surface area contributed by atoms with Crippen LogP contribution in [-0.2, 0) is 7.01 Å². The Labute approximate surface area is 80.3 Å². The molecular weight excluding hydrogens is 275 g/mol. The molecule has 0 bridgehead atoms. The van der Waals surface area contributed by atoms with E-state index in [9.17, 15) is 8.42 Å². The zero-order valence-electron chi connectivity index (χ0n) is 6.42. The zero-order valence-corrected chi connectivity index (χ0v) is 9.40. The van der Waals surface area contributed by atoms with Crippen molar-refractivity contribution in [1.82, 2.24) is 0 Å². The predicted molar refractivity (Wildman–Crippen MR) is 54.4 cm³/mol. The Morgan fingerprint density at radius 2 is 1.45 bits per heavy atom. The normalized spacial score (nSPS) is 23.0. The molecule has 1 saturated carbocycles. The van der Waals surface area contributed by atoms with Crippen LogP contribution in [0.25, 0.3) is 0 Å². The van der Waals surface area contributed by atoms with E-state index in [4.69, 9.17) is 0 Å². The third kappa shape index (κ3) is 3.27. The average molecular weight is 288 g/mol. The fourth-order valence-corrected chi connectivity index (χ4v) is 3.95. The van der Waals surface area contributed by atoms with E-state index in [0.717, 1.165) is 25.7 Å². The molecule has 0 aromatic carbocycles. The summed E-state index contributed by atoms with van der Waals surface area (Å²) in [6.45, 7) is 0. The minimum Gasteiger partial charge on any atom is -0.218 e. The van der Waals surface area contributed by atoms with E-state index >= 15 is 0 Å². The second-order valence-corrected chi connectivity index (χ2v) is 8.39. The van der Waals surface area contributed by atoms with Gasteiger partial charge in [0.05, 0.1) is 26.5 Å². The average Bonchev–Trinajstić information content (AvgIpc) is 2.10. The van der Waals surface area contributed by atoms with Gasteiger partial charge in [0.25, 0.3) is 0 Å². The third-order valence-electron chi connectivity index (χ3n) is 2.20. The quantitative estimate of drug-likeness (QED) is 0.422. The monoisotopic (exact) mass is 288 g/mol. The molecule has 1 fully saturated rings. The molecule has 0 aromatic heterocycles. The Balaban J connectivity index is 2.57. The van der Waals surface area contributed by atoms with Gasteiger partial charge in [-0.15, -0.1) is 0 Å². The number of hydrogen-bond donors (Lipinski definition) is 0. The van der Waals surface area contributed by atoms with Crippen LogP contribution < -0.4 is 0 Å². The highest BCUT2D eigenvalue weighted by molar-refractivity contribution is 14.2. The lowest BCUT2D eigenvalue weighted by molar-refractivity contribution is 0.581. The van der Waals surface area contributed by atoms with Crippen LogP contribution in [0.3, 0.4) is 0 Å². The van der Waals surface area contributed by atoms with Crippen LogP contribution in [0.15, 0.2) is 0 Å². The van der Waals surface area contributed by atoms with E-state index in [1.165, 1.54) is 12.8 Å². The smallest absolute Gasteiger partial charge is 0.205 e. The SMILES string of the molecule is O=S(=O)(I)C1CCCCCC1. The molecule has 0 spiro atoms. The molecule has 0 heterocycles. The first-order valence-corrected chi connectivity index (χ1v) is 8.13. The van der Waals surface area contributed by atoms with Gasteiger partial charge in [0.2, 0.25) is 7.01 Å². The molecule has 0 aliphatic heterocycles. The summed E-state index contributed by atoms with van der Waals surface area (Å²) in [5.41, 5.74) is 0. The van der Waals surface area contributed by atoms with Crippen molar-refractivity contribution >= 4 is 28.2 Å². The molecule has 0 saturated heterocycles. The van der Waals surface area contributed by atoms with Crippen LogP contribution in [0.2, 0.25) is 0 Å². The van der Waals surface area contributed by atoms with Crippen LogP contribution in [0.1, 0.15) is 38.5 Å².